The second-order valence-electron chi connectivity index (χ2n) is 4.59. The Morgan fingerprint density at radius 3 is 2.70 bits per heavy atom. The van der Waals surface area contributed by atoms with E-state index in [9.17, 15) is 9.59 Å². The maximum absolute atomic E-state index is 11.8. The third kappa shape index (κ3) is 4.02. The molecule has 3 N–H and O–H groups in total. The Morgan fingerprint density at radius 2 is 2.05 bits per heavy atom. The van der Waals surface area contributed by atoms with Gasteiger partial charge in [-0.1, -0.05) is 23.2 Å². The van der Waals surface area contributed by atoms with E-state index < -0.39 is 5.97 Å². The highest BCUT2D eigenvalue weighted by Gasteiger charge is 2.23. The molecule has 1 aliphatic carbocycles. The second-order valence-corrected chi connectivity index (χ2v) is 5.38. The van der Waals surface area contributed by atoms with Crippen LogP contribution in [-0.2, 0) is 9.53 Å². The van der Waals surface area contributed by atoms with Gasteiger partial charge in [-0.2, -0.15) is 0 Å². The summed E-state index contributed by atoms with van der Waals surface area (Å²) in [5.74, 6) is -0.777. The van der Waals surface area contributed by atoms with Crippen LogP contribution in [0.25, 0.3) is 0 Å². The van der Waals surface area contributed by atoms with Crippen molar-refractivity contribution in [1.29, 1.82) is 0 Å². The van der Waals surface area contributed by atoms with E-state index >= 15 is 0 Å². The zero-order valence-corrected chi connectivity index (χ0v) is 12.1. The predicted molar refractivity (Wildman–Crippen MR) is 76.9 cm³/mol. The molecule has 20 heavy (non-hydrogen) atoms. The van der Waals surface area contributed by atoms with Gasteiger partial charge >= 0.3 is 5.97 Å². The number of anilines is 1. The first-order valence-electron chi connectivity index (χ1n) is 6.18. The van der Waals surface area contributed by atoms with Crippen molar-refractivity contribution in [3.63, 3.8) is 0 Å². The molecule has 7 heteroatoms. The summed E-state index contributed by atoms with van der Waals surface area (Å²) in [6.45, 7) is -0.0138. The van der Waals surface area contributed by atoms with Crippen LogP contribution in [0.5, 0.6) is 0 Å². The minimum atomic E-state index is -0.650. The van der Waals surface area contributed by atoms with Gasteiger partial charge in [0, 0.05) is 11.7 Å². The molecule has 2 rings (SSSR count). The lowest BCUT2D eigenvalue weighted by atomic mass is 10.2. The third-order valence-electron chi connectivity index (χ3n) is 2.78. The summed E-state index contributed by atoms with van der Waals surface area (Å²) in [6, 6.07) is 3.13. The number of benzene rings is 1. The van der Waals surface area contributed by atoms with E-state index in [1.54, 1.807) is 0 Å². The van der Waals surface area contributed by atoms with Crippen LogP contribution >= 0.6 is 23.2 Å². The molecule has 0 aromatic heterocycles. The largest absolute Gasteiger partial charge is 0.462 e. The summed E-state index contributed by atoms with van der Waals surface area (Å²) in [6.07, 6.45) is 2.15. The summed E-state index contributed by atoms with van der Waals surface area (Å²) < 4.78 is 4.99. The number of amides is 1. The fraction of sp³-hybridized carbons (Fsp3) is 0.385. The van der Waals surface area contributed by atoms with Gasteiger partial charge in [0.15, 0.2) is 0 Å². The number of hydrogen-bond acceptors (Lipinski definition) is 4. The average Bonchev–Trinajstić information content (AvgIpc) is 3.17. The van der Waals surface area contributed by atoms with Crippen LogP contribution in [0.1, 0.15) is 29.6 Å². The van der Waals surface area contributed by atoms with E-state index in [1.165, 1.54) is 12.1 Å². The van der Waals surface area contributed by atoms with Gasteiger partial charge in [-0.15, -0.1) is 0 Å². The maximum Gasteiger partial charge on any atom is 0.339 e. The average molecular weight is 317 g/mol. The van der Waals surface area contributed by atoms with E-state index in [2.05, 4.69) is 5.32 Å². The molecule has 1 saturated carbocycles. The van der Waals surface area contributed by atoms with E-state index in [1.807, 2.05) is 0 Å². The number of rotatable bonds is 5. The van der Waals surface area contributed by atoms with Gasteiger partial charge in [0.05, 0.1) is 22.0 Å². The summed E-state index contributed by atoms with van der Waals surface area (Å²) in [7, 11) is 0. The lowest BCUT2D eigenvalue weighted by Crippen LogP contribution is -2.26. The highest BCUT2D eigenvalue weighted by atomic mass is 35.5. The minimum Gasteiger partial charge on any atom is -0.462 e. The first-order valence-corrected chi connectivity index (χ1v) is 6.94. The first-order chi connectivity index (χ1) is 9.47. The molecule has 0 radical (unpaired) electrons. The van der Waals surface area contributed by atoms with E-state index in [0.29, 0.717) is 11.7 Å². The number of nitrogens with two attached hydrogens (primary N) is 1. The van der Waals surface area contributed by atoms with Gasteiger partial charge < -0.3 is 15.8 Å². The molecule has 0 heterocycles. The van der Waals surface area contributed by atoms with Crippen molar-refractivity contribution in [2.45, 2.75) is 25.3 Å². The quantitative estimate of drug-likeness (QED) is 0.645. The molecule has 0 aliphatic heterocycles. The molecule has 0 bridgehead atoms. The Bertz CT molecular complexity index is 545. The van der Waals surface area contributed by atoms with Crippen LogP contribution in [0.15, 0.2) is 12.1 Å². The molecular weight excluding hydrogens is 303 g/mol. The van der Waals surface area contributed by atoms with Gasteiger partial charge in [0.1, 0.15) is 6.61 Å². The van der Waals surface area contributed by atoms with Gasteiger partial charge in [-0.25, -0.2) is 4.79 Å². The molecule has 1 aliphatic rings. The number of carbonyl (C=O) groups is 2. The van der Waals surface area contributed by atoms with E-state index in [-0.39, 0.29) is 34.5 Å². The Morgan fingerprint density at radius 1 is 1.35 bits per heavy atom. The number of esters is 1. The summed E-state index contributed by atoms with van der Waals surface area (Å²) in [5.41, 5.74) is 6.00. The van der Waals surface area contributed by atoms with Crippen molar-refractivity contribution in [2.75, 3.05) is 12.3 Å². The van der Waals surface area contributed by atoms with Crippen molar-refractivity contribution in [1.82, 2.24) is 5.32 Å². The molecule has 108 valence electrons. The Hall–Kier alpha value is -1.46. The molecule has 0 unspecified atom stereocenters. The standard InChI is InChI=1S/C13H14Cl2N2O3/c14-10-6-7(16)5-9(12(10)15)13(19)20-4-3-11(18)17-8-1-2-8/h5-6,8H,1-4,16H2,(H,17,18). The number of carbonyl (C=O) groups excluding carboxylic acids is 2. The summed E-state index contributed by atoms with van der Waals surface area (Å²) in [5, 5.41) is 3.08. The number of hydrogen-bond donors (Lipinski definition) is 2. The number of nitrogens with one attached hydrogen (secondary N) is 1. The topological polar surface area (TPSA) is 81.4 Å². The minimum absolute atomic E-state index is 0.0138. The van der Waals surface area contributed by atoms with Crippen LogP contribution in [-0.4, -0.2) is 24.5 Å². The molecule has 1 aromatic rings. The number of halogens is 2. The van der Waals surface area contributed by atoms with E-state index in [0.717, 1.165) is 12.8 Å². The van der Waals surface area contributed by atoms with Crippen LogP contribution < -0.4 is 11.1 Å². The lowest BCUT2D eigenvalue weighted by Gasteiger charge is -2.08. The van der Waals surface area contributed by atoms with Crippen LogP contribution in [0, 0.1) is 0 Å². The molecule has 0 atom stereocenters. The molecular formula is C13H14Cl2N2O3. The summed E-state index contributed by atoms with van der Waals surface area (Å²) >= 11 is 11.7. The van der Waals surface area contributed by atoms with Gasteiger partial charge in [-0.3, -0.25) is 4.79 Å². The van der Waals surface area contributed by atoms with Gasteiger partial charge in [0.25, 0.3) is 0 Å². The number of nitrogen functional groups attached to an aromatic ring is 1. The SMILES string of the molecule is Nc1cc(Cl)c(Cl)c(C(=O)OCCC(=O)NC2CC2)c1. The molecule has 1 fully saturated rings. The first kappa shape index (κ1) is 14.9. The van der Waals surface area contributed by atoms with Crippen molar-refractivity contribution in [3.05, 3.63) is 27.7 Å². The third-order valence-corrected chi connectivity index (χ3v) is 3.58. The fourth-order valence-electron chi connectivity index (χ4n) is 1.60. The smallest absolute Gasteiger partial charge is 0.339 e. The molecule has 1 amide bonds. The maximum atomic E-state index is 11.8. The van der Waals surface area contributed by atoms with Gasteiger partial charge in [0.2, 0.25) is 5.91 Å². The van der Waals surface area contributed by atoms with Crippen molar-refractivity contribution in [3.8, 4) is 0 Å². The second kappa shape index (κ2) is 6.33. The van der Waals surface area contributed by atoms with Crippen LogP contribution in [0.3, 0.4) is 0 Å². The van der Waals surface area contributed by atoms with Crippen molar-refractivity contribution >= 4 is 40.8 Å². The highest BCUT2D eigenvalue weighted by Crippen LogP contribution is 2.29. The monoisotopic (exact) mass is 316 g/mol. The normalized spacial score (nSPS) is 13.9. The Kier molecular flexibility index (Phi) is 4.73. The zero-order chi connectivity index (χ0) is 14.7. The summed E-state index contributed by atoms with van der Waals surface area (Å²) in [4.78, 5) is 23.3. The predicted octanol–water partition coefficient (Wildman–Crippen LogP) is 2.40. The molecule has 0 saturated heterocycles. The van der Waals surface area contributed by atoms with Crippen molar-refractivity contribution in [2.24, 2.45) is 0 Å². The van der Waals surface area contributed by atoms with Crippen molar-refractivity contribution < 1.29 is 14.3 Å². The van der Waals surface area contributed by atoms with Crippen LogP contribution in [0.2, 0.25) is 10.0 Å². The van der Waals surface area contributed by atoms with Gasteiger partial charge in [-0.05, 0) is 25.0 Å². The fourth-order valence-corrected chi connectivity index (χ4v) is 2.01. The Balaban J connectivity index is 1.86. The lowest BCUT2D eigenvalue weighted by molar-refractivity contribution is -0.121. The number of ether oxygens (including phenoxy) is 1. The highest BCUT2D eigenvalue weighted by molar-refractivity contribution is 6.44. The van der Waals surface area contributed by atoms with Crippen LogP contribution in [0.4, 0.5) is 5.69 Å². The zero-order valence-electron chi connectivity index (χ0n) is 10.6. The molecule has 5 nitrogen and oxygen atoms in total. The molecule has 1 aromatic carbocycles. The van der Waals surface area contributed by atoms with E-state index in [4.69, 9.17) is 33.7 Å². The Labute approximate surface area is 126 Å². The molecule has 0 spiro atoms.